The Morgan fingerprint density at radius 1 is 1.09 bits per heavy atom. The van der Waals surface area contributed by atoms with E-state index in [4.69, 9.17) is 5.73 Å². The van der Waals surface area contributed by atoms with Crippen LogP contribution in [0, 0.1) is 27.7 Å². The summed E-state index contributed by atoms with van der Waals surface area (Å²) in [6, 6.07) is 7.69. The summed E-state index contributed by atoms with van der Waals surface area (Å²) < 4.78 is 0. The molecule has 2 aromatic heterocycles. The van der Waals surface area contributed by atoms with E-state index < -0.39 is 0 Å². The fraction of sp³-hybridized carbons (Fsp3) is 0.222. The van der Waals surface area contributed by atoms with Crippen molar-refractivity contribution in [1.82, 2.24) is 4.98 Å². The van der Waals surface area contributed by atoms with Gasteiger partial charge in [0.05, 0.1) is 5.69 Å². The monoisotopic (exact) mass is 325 g/mol. The van der Waals surface area contributed by atoms with Gasteiger partial charge in [-0.25, -0.2) is 4.98 Å². The molecule has 3 N–H and O–H groups in total. The molecule has 3 rings (SSSR count). The minimum Gasteiger partial charge on any atom is -0.397 e. The Hall–Kier alpha value is -2.40. The molecule has 0 fully saturated rings. The number of amides is 1. The van der Waals surface area contributed by atoms with Gasteiger partial charge in [-0.2, -0.15) is 0 Å². The molecule has 2 heterocycles. The summed E-state index contributed by atoms with van der Waals surface area (Å²) in [7, 11) is 0. The molecule has 0 aliphatic carbocycles. The second-order valence-corrected chi connectivity index (χ2v) is 6.79. The predicted octanol–water partition coefficient (Wildman–Crippen LogP) is 4.36. The van der Waals surface area contributed by atoms with Gasteiger partial charge in [-0.3, -0.25) is 4.79 Å². The lowest BCUT2D eigenvalue weighted by Crippen LogP contribution is -2.11. The van der Waals surface area contributed by atoms with E-state index in [2.05, 4.69) is 10.3 Å². The highest BCUT2D eigenvalue weighted by molar-refractivity contribution is 7.21. The highest BCUT2D eigenvalue weighted by Crippen LogP contribution is 2.36. The first-order valence-corrected chi connectivity index (χ1v) is 8.24. The number of carbonyl (C=O) groups is 1. The van der Waals surface area contributed by atoms with Crippen LogP contribution in [0.3, 0.4) is 0 Å². The Bertz CT molecular complexity index is 910. The van der Waals surface area contributed by atoms with Crippen molar-refractivity contribution >= 4 is 38.8 Å². The average molecular weight is 325 g/mol. The molecule has 0 radical (unpaired) electrons. The van der Waals surface area contributed by atoms with Crippen LogP contribution >= 0.6 is 11.3 Å². The van der Waals surface area contributed by atoms with E-state index in [1.165, 1.54) is 11.3 Å². The molecule has 0 aliphatic heterocycles. The third-order valence-corrected chi connectivity index (χ3v) is 5.29. The molecular weight excluding hydrogens is 306 g/mol. The van der Waals surface area contributed by atoms with Gasteiger partial charge in [0, 0.05) is 16.8 Å². The van der Waals surface area contributed by atoms with Crippen LogP contribution in [0.1, 0.15) is 32.1 Å². The lowest BCUT2D eigenvalue weighted by atomic mass is 10.1. The Morgan fingerprint density at radius 3 is 2.39 bits per heavy atom. The van der Waals surface area contributed by atoms with Crippen LogP contribution in [0.15, 0.2) is 24.3 Å². The number of fused-ring (bicyclic) bond motifs is 1. The van der Waals surface area contributed by atoms with Crippen LogP contribution in [-0.2, 0) is 0 Å². The van der Waals surface area contributed by atoms with Crippen molar-refractivity contribution in [2.24, 2.45) is 0 Å². The number of nitrogen functional groups attached to an aromatic ring is 1. The summed E-state index contributed by atoms with van der Waals surface area (Å²) in [5.41, 5.74) is 11.9. The molecule has 0 spiro atoms. The number of hydrogen-bond acceptors (Lipinski definition) is 4. The first kappa shape index (κ1) is 15.5. The molecular formula is C18H19N3OS. The zero-order chi connectivity index (χ0) is 16.7. The van der Waals surface area contributed by atoms with Crippen LogP contribution in [0.2, 0.25) is 0 Å². The SMILES string of the molecule is Cc1ccc(NC(=O)c2sc3nc(C)c(C)c(C)c3c2N)cc1. The number of anilines is 2. The van der Waals surface area contributed by atoms with Crippen molar-refractivity contribution in [3.8, 4) is 0 Å². The molecule has 0 aliphatic rings. The molecule has 5 heteroatoms. The van der Waals surface area contributed by atoms with Crippen LogP contribution in [0.25, 0.3) is 10.2 Å². The Morgan fingerprint density at radius 2 is 1.74 bits per heavy atom. The zero-order valence-corrected chi connectivity index (χ0v) is 14.5. The van der Waals surface area contributed by atoms with E-state index in [-0.39, 0.29) is 5.91 Å². The maximum absolute atomic E-state index is 12.6. The molecule has 3 aromatic rings. The molecule has 1 amide bonds. The smallest absolute Gasteiger partial charge is 0.267 e. The molecule has 0 unspecified atom stereocenters. The van der Waals surface area contributed by atoms with Crippen LogP contribution in [0.5, 0.6) is 0 Å². The van der Waals surface area contributed by atoms with Crippen molar-refractivity contribution in [2.75, 3.05) is 11.1 Å². The van der Waals surface area contributed by atoms with Crippen molar-refractivity contribution in [3.05, 3.63) is 51.5 Å². The third kappa shape index (κ3) is 2.68. The lowest BCUT2D eigenvalue weighted by molar-refractivity contribution is 0.103. The van der Waals surface area contributed by atoms with Gasteiger partial charge >= 0.3 is 0 Å². The van der Waals surface area contributed by atoms with Gasteiger partial charge in [0.25, 0.3) is 5.91 Å². The number of carbonyl (C=O) groups excluding carboxylic acids is 1. The Kier molecular flexibility index (Phi) is 3.82. The van der Waals surface area contributed by atoms with E-state index >= 15 is 0 Å². The van der Waals surface area contributed by atoms with Crippen molar-refractivity contribution in [1.29, 1.82) is 0 Å². The number of pyridine rings is 1. The largest absolute Gasteiger partial charge is 0.397 e. The quantitative estimate of drug-likeness (QED) is 0.735. The summed E-state index contributed by atoms with van der Waals surface area (Å²) in [6.07, 6.45) is 0. The topological polar surface area (TPSA) is 68.0 Å². The van der Waals surface area contributed by atoms with E-state index in [9.17, 15) is 4.79 Å². The normalized spacial score (nSPS) is 11.0. The highest BCUT2D eigenvalue weighted by atomic mass is 32.1. The number of nitrogens with two attached hydrogens (primary N) is 1. The third-order valence-electron chi connectivity index (χ3n) is 4.19. The number of thiophene rings is 1. The maximum Gasteiger partial charge on any atom is 0.267 e. The first-order chi connectivity index (χ1) is 10.9. The van der Waals surface area contributed by atoms with Gasteiger partial charge in [0.15, 0.2) is 0 Å². The van der Waals surface area contributed by atoms with Gasteiger partial charge in [-0.05, 0) is 51.0 Å². The Labute approximate surface area is 139 Å². The number of aromatic nitrogens is 1. The average Bonchev–Trinajstić information content (AvgIpc) is 2.84. The van der Waals surface area contributed by atoms with E-state index in [1.807, 2.05) is 52.0 Å². The number of nitrogens with one attached hydrogen (secondary N) is 1. The van der Waals surface area contributed by atoms with Crippen LogP contribution in [0.4, 0.5) is 11.4 Å². The second-order valence-electron chi connectivity index (χ2n) is 5.79. The fourth-order valence-electron chi connectivity index (χ4n) is 2.56. The highest BCUT2D eigenvalue weighted by Gasteiger charge is 2.20. The van der Waals surface area contributed by atoms with Gasteiger partial charge in [0.1, 0.15) is 9.71 Å². The minimum atomic E-state index is -0.191. The van der Waals surface area contributed by atoms with Gasteiger partial charge in [-0.1, -0.05) is 17.7 Å². The molecule has 0 bridgehead atoms. The molecule has 23 heavy (non-hydrogen) atoms. The van der Waals surface area contributed by atoms with Crippen molar-refractivity contribution in [3.63, 3.8) is 0 Å². The van der Waals surface area contributed by atoms with E-state index in [0.29, 0.717) is 10.6 Å². The summed E-state index contributed by atoms with van der Waals surface area (Å²) in [5, 5.41) is 3.80. The van der Waals surface area contributed by atoms with Crippen LogP contribution in [-0.4, -0.2) is 10.9 Å². The number of rotatable bonds is 2. The lowest BCUT2D eigenvalue weighted by Gasteiger charge is -2.06. The second kappa shape index (κ2) is 5.66. The molecule has 0 saturated carbocycles. The first-order valence-electron chi connectivity index (χ1n) is 7.42. The standard InChI is InChI=1S/C18H19N3OS/c1-9-5-7-13(8-6-9)21-17(22)16-15(19)14-11(3)10(2)12(4)20-18(14)23-16/h5-8H,19H2,1-4H3,(H,21,22). The maximum atomic E-state index is 12.6. The van der Waals surface area contributed by atoms with Gasteiger partial charge in [0.2, 0.25) is 0 Å². The molecule has 0 atom stereocenters. The summed E-state index contributed by atoms with van der Waals surface area (Å²) in [6.45, 7) is 8.04. The van der Waals surface area contributed by atoms with Crippen LogP contribution < -0.4 is 11.1 Å². The van der Waals surface area contributed by atoms with Crippen molar-refractivity contribution < 1.29 is 4.79 Å². The Balaban J connectivity index is 2.02. The molecule has 1 aromatic carbocycles. The number of aryl methyl sites for hydroxylation is 3. The zero-order valence-electron chi connectivity index (χ0n) is 13.7. The summed E-state index contributed by atoms with van der Waals surface area (Å²) in [4.78, 5) is 18.5. The van der Waals surface area contributed by atoms with Gasteiger partial charge < -0.3 is 11.1 Å². The van der Waals surface area contributed by atoms with Gasteiger partial charge in [-0.15, -0.1) is 11.3 Å². The molecule has 4 nitrogen and oxygen atoms in total. The van der Waals surface area contributed by atoms with Crippen molar-refractivity contribution in [2.45, 2.75) is 27.7 Å². The van der Waals surface area contributed by atoms with E-state index in [0.717, 1.165) is 38.3 Å². The number of benzene rings is 1. The number of nitrogens with zero attached hydrogens (tertiary/aromatic N) is 1. The van der Waals surface area contributed by atoms with E-state index in [1.54, 1.807) is 0 Å². The molecule has 0 saturated heterocycles. The minimum absolute atomic E-state index is 0.191. The fourth-order valence-corrected chi connectivity index (χ4v) is 3.66. The summed E-state index contributed by atoms with van der Waals surface area (Å²) >= 11 is 1.34. The molecule has 118 valence electrons. The predicted molar refractivity (Wildman–Crippen MR) is 97.4 cm³/mol. The summed E-state index contributed by atoms with van der Waals surface area (Å²) in [5.74, 6) is -0.191. The number of hydrogen-bond donors (Lipinski definition) is 2.